The Kier molecular flexibility index (Phi) is 7.57. The first kappa shape index (κ1) is 26.6. The molecule has 0 N–H and O–H groups in total. The minimum absolute atomic E-state index is 0.00917. The predicted molar refractivity (Wildman–Crippen MR) is 142 cm³/mol. The first-order valence-corrected chi connectivity index (χ1v) is 13.0. The van der Waals surface area contributed by atoms with E-state index in [1.54, 1.807) is 28.4 Å². The van der Waals surface area contributed by atoms with Crippen molar-refractivity contribution in [1.29, 1.82) is 0 Å². The van der Waals surface area contributed by atoms with E-state index in [9.17, 15) is 14.0 Å². The van der Waals surface area contributed by atoms with Crippen molar-refractivity contribution < 1.29 is 18.7 Å². The molecule has 2 aromatic heterocycles. The maximum absolute atomic E-state index is 14.4. The Bertz CT molecular complexity index is 1290. The number of nitrogens with zero attached hydrogens (tertiary/aromatic N) is 4. The van der Waals surface area contributed by atoms with Crippen LogP contribution in [0.1, 0.15) is 76.2 Å². The molecular formula is C29H37FN4O3. The van der Waals surface area contributed by atoms with E-state index < -0.39 is 11.4 Å². The number of imidazole rings is 1. The minimum Gasteiger partial charge on any atom is -0.444 e. The van der Waals surface area contributed by atoms with Crippen molar-refractivity contribution in [2.75, 3.05) is 19.6 Å². The molecule has 0 radical (unpaired) electrons. The number of hydrogen-bond acceptors (Lipinski definition) is 4. The number of pyridine rings is 1. The predicted octanol–water partition coefficient (Wildman–Crippen LogP) is 6.13. The highest BCUT2D eigenvalue weighted by Crippen LogP contribution is 2.35. The average molecular weight is 509 g/mol. The lowest BCUT2D eigenvalue weighted by Crippen LogP contribution is -2.41. The van der Waals surface area contributed by atoms with Gasteiger partial charge in [0.05, 0.1) is 23.6 Å². The van der Waals surface area contributed by atoms with Crippen LogP contribution in [-0.2, 0) is 4.74 Å². The van der Waals surface area contributed by atoms with Crippen molar-refractivity contribution in [2.24, 2.45) is 0 Å². The van der Waals surface area contributed by atoms with E-state index in [-0.39, 0.29) is 24.0 Å². The van der Waals surface area contributed by atoms with Crippen LogP contribution in [0.2, 0.25) is 0 Å². The van der Waals surface area contributed by atoms with Crippen LogP contribution < -0.4 is 0 Å². The molecule has 37 heavy (non-hydrogen) atoms. The lowest BCUT2D eigenvalue weighted by molar-refractivity contribution is 0.0204. The van der Waals surface area contributed by atoms with Gasteiger partial charge >= 0.3 is 6.09 Å². The summed E-state index contributed by atoms with van der Waals surface area (Å²) >= 11 is 0. The van der Waals surface area contributed by atoms with E-state index in [2.05, 4.69) is 17.2 Å². The monoisotopic (exact) mass is 508 g/mol. The number of aromatic nitrogens is 2. The van der Waals surface area contributed by atoms with Gasteiger partial charge in [-0.05, 0) is 89.6 Å². The van der Waals surface area contributed by atoms with Crippen LogP contribution in [0.25, 0.3) is 16.6 Å². The summed E-state index contributed by atoms with van der Waals surface area (Å²) in [7, 11) is 0. The topological polar surface area (TPSA) is 67.2 Å². The Morgan fingerprint density at radius 1 is 1.16 bits per heavy atom. The zero-order valence-corrected chi connectivity index (χ0v) is 22.6. The molecule has 8 heteroatoms. The van der Waals surface area contributed by atoms with Gasteiger partial charge in [0.15, 0.2) is 0 Å². The Morgan fingerprint density at radius 3 is 2.49 bits per heavy atom. The van der Waals surface area contributed by atoms with Crippen molar-refractivity contribution >= 4 is 17.5 Å². The third-order valence-corrected chi connectivity index (χ3v) is 6.89. The number of fused-ring (bicyclic) bond motifs is 1. The molecule has 1 aromatic carbocycles. The highest BCUT2D eigenvalue weighted by atomic mass is 19.1. The number of hydrogen-bond donors (Lipinski definition) is 0. The van der Waals surface area contributed by atoms with E-state index in [1.807, 2.05) is 45.9 Å². The van der Waals surface area contributed by atoms with Gasteiger partial charge in [0, 0.05) is 37.4 Å². The third-order valence-electron chi connectivity index (χ3n) is 6.89. The average Bonchev–Trinajstić information content (AvgIpc) is 3.31. The van der Waals surface area contributed by atoms with Crippen LogP contribution in [0.5, 0.6) is 0 Å². The summed E-state index contributed by atoms with van der Waals surface area (Å²) in [5.74, 6) is -0.408. The van der Waals surface area contributed by atoms with E-state index in [0.29, 0.717) is 30.8 Å². The summed E-state index contributed by atoms with van der Waals surface area (Å²) in [4.78, 5) is 33.9. The van der Waals surface area contributed by atoms with E-state index >= 15 is 0 Å². The van der Waals surface area contributed by atoms with E-state index in [4.69, 9.17) is 4.74 Å². The summed E-state index contributed by atoms with van der Waals surface area (Å²) in [6.07, 6.45) is 6.89. The molecule has 1 fully saturated rings. The molecule has 3 aromatic rings. The van der Waals surface area contributed by atoms with Gasteiger partial charge in [-0.1, -0.05) is 6.07 Å². The Labute approximate surface area is 218 Å². The molecule has 0 bridgehead atoms. The molecule has 3 heterocycles. The second kappa shape index (κ2) is 10.5. The first-order valence-electron chi connectivity index (χ1n) is 13.0. The zero-order chi connectivity index (χ0) is 26.9. The number of carbonyl (C=O) groups is 2. The van der Waals surface area contributed by atoms with Crippen LogP contribution >= 0.6 is 0 Å². The fourth-order valence-electron chi connectivity index (χ4n) is 5.04. The van der Waals surface area contributed by atoms with Gasteiger partial charge in [-0.25, -0.2) is 14.2 Å². The van der Waals surface area contributed by atoms with Crippen LogP contribution in [0, 0.1) is 5.82 Å². The Balaban J connectivity index is 1.69. The fraction of sp³-hybridized carbons (Fsp3) is 0.483. The second-order valence-corrected chi connectivity index (χ2v) is 11.0. The molecule has 1 saturated heterocycles. The molecule has 4 rings (SSSR count). The van der Waals surface area contributed by atoms with Crippen LogP contribution in [0.3, 0.4) is 0 Å². The Hall–Kier alpha value is -3.42. The number of halogens is 1. The van der Waals surface area contributed by atoms with Gasteiger partial charge in [0.1, 0.15) is 11.4 Å². The first-order chi connectivity index (χ1) is 17.5. The number of benzene rings is 1. The summed E-state index contributed by atoms with van der Waals surface area (Å²) in [5, 5.41) is 0. The maximum atomic E-state index is 14.4. The highest BCUT2D eigenvalue weighted by Gasteiger charge is 2.29. The largest absolute Gasteiger partial charge is 0.444 e. The zero-order valence-electron chi connectivity index (χ0n) is 22.6. The Morgan fingerprint density at radius 2 is 1.86 bits per heavy atom. The molecule has 0 unspecified atom stereocenters. The molecule has 0 spiro atoms. The second-order valence-electron chi connectivity index (χ2n) is 11.0. The summed E-state index contributed by atoms with van der Waals surface area (Å²) < 4.78 is 21.9. The standard InChI is InChI=1S/C29H37FN4O3/c1-7-34(19(2)3)27(35)25-15-22(30)8-9-23(25)24-14-21(17-33-18-31-16-26(24)33)20-10-12-32(13-11-20)28(36)37-29(4,5)6/h8-9,14-20H,7,10-13H2,1-6H3. The van der Waals surface area contributed by atoms with E-state index in [0.717, 1.165) is 29.5 Å². The van der Waals surface area contributed by atoms with Gasteiger partial charge in [-0.2, -0.15) is 0 Å². The summed E-state index contributed by atoms with van der Waals surface area (Å²) in [6.45, 7) is 13.2. The summed E-state index contributed by atoms with van der Waals surface area (Å²) in [5.41, 5.74) is 3.29. The van der Waals surface area contributed by atoms with E-state index in [1.165, 1.54) is 12.1 Å². The lowest BCUT2D eigenvalue weighted by Gasteiger charge is -2.33. The SMILES string of the molecule is CCN(C(=O)c1cc(F)ccc1-c1cc(C2CCN(C(=O)OC(C)(C)C)CC2)cn2cncc12)C(C)C. The third kappa shape index (κ3) is 5.78. The minimum atomic E-state index is -0.525. The molecule has 2 amide bonds. The number of amides is 2. The number of rotatable bonds is 5. The van der Waals surface area contributed by atoms with Gasteiger partial charge in [-0.3, -0.25) is 4.79 Å². The van der Waals surface area contributed by atoms with Crippen LogP contribution in [0.15, 0.2) is 43.0 Å². The molecule has 0 atom stereocenters. The molecule has 198 valence electrons. The smallest absolute Gasteiger partial charge is 0.410 e. The molecule has 1 aliphatic heterocycles. The molecule has 7 nitrogen and oxygen atoms in total. The summed E-state index contributed by atoms with van der Waals surface area (Å²) in [6, 6.07) is 6.51. The van der Waals surface area contributed by atoms with Crippen molar-refractivity contribution in [1.82, 2.24) is 19.2 Å². The normalized spacial score (nSPS) is 14.9. The fourth-order valence-corrected chi connectivity index (χ4v) is 5.04. The highest BCUT2D eigenvalue weighted by molar-refractivity contribution is 6.03. The number of likely N-dealkylation sites (tertiary alicyclic amines) is 1. The van der Waals surface area contributed by atoms with Crippen molar-refractivity contribution in [3.8, 4) is 11.1 Å². The lowest BCUT2D eigenvalue weighted by atomic mass is 9.88. The van der Waals surface area contributed by atoms with Crippen LogP contribution in [-0.4, -0.2) is 62.5 Å². The van der Waals surface area contributed by atoms with Gasteiger partial charge in [-0.15, -0.1) is 0 Å². The quantitative estimate of drug-likeness (QED) is 0.416. The molecule has 0 aliphatic carbocycles. The number of piperidine rings is 1. The van der Waals surface area contributed by atoms with Gasteiger partial charge < -0.3 is 18.9 Å². The van der Waals surface area contributed by atoms with Gasteiger partial charge in [0.25, 0.3) is 5.91 Å². The number of carbonyl (C=O) groups excluding carboxylic acids is 2. The molecule has 0 saturated carbocycles. The maximum Gasteiger partial charge on any atom is 0.410 e. The van der Waals surface area contributed by atoms with Crippen molar-refractivity contribution in [3.63, 3.8) is 0 Å². The van der Waals surface area contributed by atoms with Gasteiger partial charge in [0.2, 0.25) is 0 Å². The molecule has 1 aliphatic rings. The van der Waals surface area contributed by atoms with Crippen LogP contribution in [0.4, 0.5) is 9.18 Å². The van der Waals surface area contributed by atoms with Crippen molar-refractivity contribution in [2.45, 2.75) is 71.9 Å². The van der Waals surface area contributed by atoms with Crippen molar-refractivity contribution in [3.05, 3.63) is 59.9 Å². The number of ether oxygens (including phenoxy) is 1. The molecular weight excluding hydrogens is 471 g/mol.